The van der Waals surface area contributed by atoms with Gasteiger partial charge in [0.2, 0.25) is 5.91 Å². The minimum absolute atomic E-state index is 0.0935. The molecule has 1 amide bonds. The first-order chi connectivity index (χ1) is 13.1. The molecule has 2 aliphatic carbocycles. The van der Waals surface area contributed by atoms with Gasteiger partial charge in [0.1, 0.15) is 0 Å². The van der Waals surface area contributed by atoms with Crippen molar-refractivity contribution in [3.8, 4) is 0 Å². The van der Waals surface area contributed by atoms with Crippen LogP contribution in [0.1, 0.15) is 52.4 Å². The van der Waals surface area contributed by atoms with E-state index < -0.39 is 0 Å². The molecule has 0 radical (unpaired) electrons. The summed E-state index contributed by atoms with van der Waals surface area (Å²) in [7, 11) is 1.70. The summed E-state index contributed by atoms with van der Waals surface area (Å²) < 4.78 is 5.97. The van der Waals surface area contributed by atoms with Crippen LogP contribution in [0.15, 0.2) is 4.99 Å². The van der Waals surface area contributed by atoms with Gasteiger partial charge in [-0.3, -0.25) is 14.7 Å². The third-order valence-electron chi connectivity index (χ3n) is 6.64. The van der Waals surface area contributed by atoms with Crippen molar-refractivity contribution < 1.29 is 9.53 Å². The molecule has 3 rings (SSSR count). The quantitative estimate of drug-likeness (QED) is 0.456. The van der Waals surface area contributed by atoms with E-state index in [4.69, 9.17) is 9.73 Å². The summed E-state index contributed by atoms with van der Waals surface area (Å²) in [5, 5.41) is 10.1. The van der Waals surface area contributed by atoms with E-state index in [1.54, 1.807) is 7.05 Å². The van der Waals surface area contributed by atoms with Gasteiger partial charge in [-0.2, -0.15) is 0 Å². The first-order valence-electron chi connectivity index (χ1n) is 10.7. The molecule has 1 spiro atoms. The molecule has 2 unspecified atom stereocenters. The Labute approximate surface area is 163 Å². The smallest absolute Gasteiger partial charge is 0.233 e. The molecule has 0 aromatic rings. The van der Waals surface area contributed by atoms with E-state index in [2.05, 4.69) is 34.7 Å². The highest BCUT2D eigenvalue weighted by atomic mass is 16.5. The number of guanidine groups is 1. The normalized spacial score (nSPS) is 28.3. The maximum atomic E-state index is 11.5. The summed E-state index contributed by atoms with van der Waals surface area (Å²) >= 11 is 0. The van der Waals surface area contributed by atoms with Crippen LogP contribution >= 0.6 is 0 Å². The Morgan fingerprint density at radius 3 is 2.52 bits per heavy atom. The van der Waals surface area contributed by atoms with E-state index in [1.807, 2.05) is 0 Å². The Hall–Kier alpha value is -1.34. The average molecular weight is 380 g/mol. The number of hydrogen-bond acceptors (Lipinski definition) is 4. The number of nitrogens with one attached hydrogen (secondary N) is 3. The highest BCUT2D eigenvalue weighted by molar-refractivity contribution is 5.81. The molecular weight excluding hydrogens is 342 g/mol. The summed E-state index contributed by atoms with van der Waals surface area (Å²) in [6, 6.07) is 0.901. The van der Waals surface area contributed by atoms with Gasteiger partial charge in [0.05, 0.1) is 12.6 Å². The average Bonchev–Trinajstić information content (AvgIpc) is 2.61. The van der Waals surface area contributed by atoms with Crippen molar-refractivity contribution in [2.24, 2.45) is 10.4 Å². The second-order valence-electron chi connectivity index (χ2n) is 8.15. The first-order valence-corrected chi connectivity index (χ1v) is 10.7. The van der Waals surface area contributed by atoms with E-state index in [0.29, 0.717) is 30.1 Å². The highest BCUT2D eigenvalue weighted by Gasteiger charge is 2.59. The molecular formula is C20H37N5O2. The molecule has 27 heavy (non-hydrogen) atoms. The zero-order chi connectivity index (χ0) is 19.3. The van der Waals surface area contributed by atoms with Crippen LogP contribution in [-0.4, -0.2) is 74.8 Å². The number of aliphatic imine (C=N–C) groups is 1. The van der Waals surface area contributed by atoms with Gasteiger partial charge >= 0.3 is 0 Å². The topological polar surface area (TPSA) is 78.0 Å². The summed E-state index contributed by atoms with van der Waals surface area (Å²) in [4.78, 5) is 18.5. The summed E-state index contributed by atoms with van der Waals surface area (Å²) in [6.07, 6.45) is 7.45. The molecule has 7 nitrogen and oxygen atoms in total. The van der Waals surface area contributed by atoms with Crippen LogP contribution in [0.3, 0.4) is 0 Å². The monoisotopic (exact) mass is 379 g/mol. The molecule has 2 atom stereocenters. The van der Waals surface area contributed by atoms with Gasteiger partial charge in [0.25, 0.3) is 0 Å². The van der Waals surface area contributed by atoms with Gasteiger partial charge in [0, 0.05) is 50.8 Å². The fourth-order valence-electron chi connectivity index (χ4n) is 4.81. The lowest BCUT2D eigenvalue weighted by Crippen LogP contribution is -2.69. The van der Waals surface area contributed by atoms with E-state index >= 15 is 0 Å². The Kier molecular flexibility index (Phi) is 6.98. The van der Waals surface area contributed by atoms with Crippen molar-refractivity contribution in [2.45, 2.75) is 70.6 Å². The fraction of sp³-hybridized carbons (Fsp3) is 0.900. The van der Waals surface area contributed by atoms with E-state index in [-0.39, 0.29) is 5.91 Å². The van der Waals surface area contributed by atoms with Crippen molar-refractivity contribution >= 4 is 11.9 Å². The zero-order valence-corrected chi connectivity index (χ0v) is 17.2. The van der Waals surface area contributed by atoms with Crippen molar-refractivity contribution in [2.75, 3.05) is 39.8 Å². The Morgan fingerprint density at radius 2 is 1.96 bits per heavy atom. The maximum Gasteiger partial charge on any atom is 0.233 e. The summed E-state index contributed by atoms with van der Waals surface area (Å²) in [5.74, 6) is 1.05. The highest BCUT2D eigenvalue weighted by Crippen LogP contribution is 2.57. The first kappa shape index (κ1) is 20.4. The van der Waals surface area contributed by atoms with Gasteiger partial charge in [-0.05, 0) is 46.0 Å². The van der Waals surface area contributed by atoms with Crippen LogP contribution in [0, 0.1) is 5.41 Å². The molecule has 3 aliphatic rings. The predicted molar refractivity (Wildman–Crippen MR) is 108 cm³/mol. The maximum absolute atomic E-state index is 11.5. The number of hydrogen-bond donors (Lipinski definition) is 3. The number of ether oxygens (including phenoxy) is 1. The SMILES string of the molecule is CCN=C(NC1CCN(CC(=O)NC)CC1)NC1CC(OCC)C12CCC2. The second-order valence-corrected chi connectivity index (χ2v) is 8.15. The van der Waals surface area contributed by atoms with Crippen molar-refractivity contribution in [3.05, 3.63) is 0 Å². The Bertz CT molecular complexity index is 526. The van der Waals surface area contributed by atoms with Crippen molar-refractivity contribution in [3.63, 3.8) is 0 Å². The molecule has 154 valence electrons. The van der Waals surface area contributed by atoms with Gasteiger partial charge in [-0.15, -0.1) is 0 Å². The van der Waals surface area contributed by atoms with E-state index in [9.17, 15) is 4.79 Å². The van der Waals surface area contributed by atoms with E-state index in [0.717, 1.165) is 51.5 Å². The number of carbonyl (C=O) groups excluding carboxylic acids is 1. The third kappa shape index (κ3) is 4.57. The largest absolute Gasteiger partial charge is 0.378 e. The molecule has 3 N–H and O–H groups in total. The van der Waals surface area contributed by atoms with Crippen LogP contribution in [0.5, 0.6) is 0 Å². The van der Waals surface area contributed by atoms with Crippen LogP contribution in [0.2, 0.25) is 0 Å². The lowest BCUT2D eigenvalue weighted by Gasteiger charge is -2.61. The van der Waals surface area contributed by atoms with Crippen LogP contribution in [0.4, 0.5) is 0 Å². The zero-order valence-electron chi connectivity index (χ0n) is 17.2. The molecule has 1 heterocycles. The van der Waals surface area contributed by atoms with Gasteiger partial charge in [0.15, 0.2) is 5.96 Å². The summed E-state index contributed by atoms with van der Waals surface area (Å²) in [6.45, 7) is 8.16. The molecule has 1 aliphatic heterocycles. The molecule has 0 aromatic carbocycles. The molecule has 3 fully saturated rings. The minimum atomic E-state index is 0.0935. The molecule has 0 aromatic heterocycles. The van der Waals surface area contributed by atoms with Gasteiger partial charge in [-0.25, -0.2) is 0 Å². The number of piperidine rings is 1. The second kappa shape index (κ2) is 9.24. The number of rotatable bonds is 7. The number of carbonyl (C=O) groups is 1. The number of amides is 1. The van der Waals surface area contributed by atoms with E-state index in [1.165, 1.54) is 19.3 Å². The third-order valence-corrected chi connectivity index (χ3v) is 6.64. The molecule has 7 heteroatoms. The van der Waals surface area contributed by atoms with Crippen molar-refractivity contribution in [1.82, 2.24) is 20.9 Å². The molecule has 2 saturated carbocycles. The number of likely N-dealkylation sites (N-methyl/N-ethyl adjacent to an activating group) is 1. The van der Waals surface area contributed by atoms with Crippen molar-refractivity contribution in [1.29, 1.82) is 0 Å². The van der Waals surface area contributed by atoms with Crippen LogP contribution < -0.4 is 16.0 Å². The fourth-order valence-corrected chi connectivity index (χ4v) is 4.81. The number of likely N-dealkylation sites (tertiary alicyclic amines) is 1. The Morgan fingerprint density at radius 1 is 1.22 bits per heavy atom. The standard InChI is InChI=1S/C20H37N5O2/c1-4-22-19(23-15-7-11-25(12-8-15)14-18(26)21-3)24-16-13-17(27-5-2)20(16)9-6-10-20/h15-17H,4-14H2,1-3H3,(H,21,26)(H2,22,23,24). The molecule has 0 bridgehead atoms. The lowest BCUT2D eigenvalue weighted by atomic mass is 9.51. The number of nitrogens with zero attached hydrogens (tertiary/aromatic N) is 2. The minimum Gasteiger partial charge on any atom is -0.378 e. The van der Waals surface area contributed by atoms with Gasteiger partial charge in [-0.1, -0.05) is 6.42 Å². The Balaban J connectivity index is 1.48. The lowest BCUT2D eigenvalue weighted by molar-refractivity contribution is -0.168. The van der Waals surface area contributed by atoms with Crippen LogP contribution in [0.25, 0.3) is 0 Å². The van der Waals surface area contributed by atoms with Crippen LogP contribution in [-0.2, 0) is 9.53 Å². The molecule has 1 saturated heterocycles. The predicted octanol–water partition coefficient (Wildman–Crippen LogP) is 1.10. The summed E-state index contributed by atoms with van der Waals surface area (Å²) in [5.41, 5.74) is 0.336. The van der Waals surface area contributed by atoms with Gasteiger partial charge < -0.3 is 20.7 Å².